The molecule has 0 aliphatic heterocycles. The zero-order chi connectivity index (χ0) is 13.4. The van der Waals surface area contributed by atoms with Gasteiger partial charge in [-0.15, -0.1) is 0 Å². The summed E-state index contributed by atoms with van der Waals surface area (Å²) in [4.78, 5) is 11.3. The summed E-state index contributed by atoms with van der Waals surface area (Å²) in [5, 5.41) is 0. The fourth-order valence-electron chi connectivity index (χ4n) is 1.10. The predicted molar refractivity (Wildman–Crippen MR) is 61.9 cm³/mol. The van der Waals surface area contributed by atoms with Gasteiger partial charge < -0.3 is 0 Å². The van der Waals surface area contributed by atoms with Crippen LogP contribution in [0, 0.1) is 6.92 Å². The number of Topliss-reactive ketones (excluding diaryl/α,β-unsaturated/α-hetero) is 1. The maximum atomic E-state index is 12.9. The van der Waals surface area contributed by atoms with Crippen LogP contribution in [-0.2, 0) is 0 Å². The van der Waals surface area contributed by atoms with E-state index < -0.39 is 23.7 Å². The Morgan fingerprint density at radius 2 is 1.76 bits per heavy atom. The lowest BCUT2D eigenvalue weighted by Crippen LogP contribution is -2.36. The Hall–Kier alpha value is -0.430. The molecule has 1 nitrogen and oxygen atoms in total. The summed E-state index contributed by atoms with van der Waals surface area (Å²) in [6, 6.07) is 2.50. The average molecular weight is 378 g/mol. The molecule has 0 heterocycles. The monoisotopic (exact) mass is 376 g/mol. The number of hydrogen-bond donors (Lipinski definition) is 0. The van der Waals surface area contributed by atoms with E-state index in [2.05, 4.69) is 31.9 Å². The number of alkyl halides is 4. The van der Waals surface area contributed by atoms with Crippen LogP contribution < -0.4 is 0 Å². The van der Waals surface area contributed by atoms with Gasteiger partial charge in [-0.2, -0.15) is 8.78 Å². The minimum atomic E-state index is -4.68. The predicted octanol–water partition coefficient (Wildman–Crippen LogP) is 4.60. The molecule has 0 atom stereocenters. The van der Waals surface area contributed by atoms with E-state index in [1.807, 2.05) is 0 Å². The van der Waals surface area contributed by atoms with Crippen LogP contribution in [-0.4, -0.2) is 18.1 Å². The van der Waals surface area contributed by atoms with Gasteiger partial charge in [-0.05, 0) is 24.6 Å². The normalized spacial score (nSPS) is 12.0. The Balaban J connectivity index is 3.27. The first-order valence-corrected chi connectivity index (χ1v) is 5.93. The van der Waals surface area contributed by atoms with Gasteiger partial charge in [0.1, 0.15) is 0 Å². The molecule has 0 unspecified atom stereocenters. The van der Waals surface area contributed by atoms with E-state index in [-0.39, 0.29) is 4.47 Å². The van der Waals surface area contributed by atoms with Crippen molar-refractivity contribution < 1.29 is 22.4 Å². The first-order valence-electron chi connectivity index (χ1n) is 4.34. The van der Waals surface area contributed by atoms with Gasteiger partial charge in [0.25, 0.3) is 0 Å². The second-order valence-electron chi connectivity index (χ2n) is 3.33. The third kappa shape index (κ3) is 2.88. The number of aryl methyl sites for hydroxylation is 1. The molecule has 0 aliphatic carbocycles. The van der Waals surface area contributed by atoms with Crippen molar-refractivity contribution in [1.82, 2.24) is 0 Å². The standard InChI is InChI=1S/C10H6Br2F4O/c1-4-2-7(12)5(3-6(4)11)8(17)10(15,16)9(13)14/h2-3,9H,1H3. The summed E-state index contributed by atoms with van der Waals surface area (Å²) in [6.45, 7) is 1.67. The second-order valence-corrected chi connectivity index (χ2v) is 5.04. The van der Waals surface area contributed by atoms with E-state index in [1.165, 1.54) is 6.07 Å². The zero-order valence-corrected chi connectivity index (χ0v) is 11.6. The van der Waals surface area contributed by atoms with Gasteiger partial charge in [-0.25, -0.2) is 8.78 Å². The molecule has 0 N–H and O–H groups in total. The number of hydrogen-bond acceptors (Lipinski definition) is 1. The van der Waals surface area contributed by atoms with Crippen molar-refractivity contribution >= 4 is 37.6 Å². The molecule has 0 radical (unpaired) electrons. The zero-order valence-electron chi connectivity index (χ0n) is 8.41. The van der Waals surface area contributed by atoms with Gasteiger partial charge in [0, 0.05) is 14.5 Å². The Labute approximate surface area is 111 Å². The number of ketones is 1. The van der Waals surface area contributed by atoms with Crippen molar-refractivity contribution in [3.05, 3.63) is 32.2 Å². The summed E-state index contributed by atoms with van der Waals surface area (Å²) >= 11 is 5.95. The molecule has 0 aromatic heterocycles. The van der Waals surface area contributed by atoms with Crippen molar-refractivity contribution in [2.45, 2.75) is 19.3 Å². The molecular formula is C10H6Br2F4O. The van der Waals surface area contributed by atoms with Gasteiger partial charge in [0.05, 0.1) is 0 Å². The van der Waals surface area contributed by atoms with Crippen LogP contribution >= 0.6 is 31.9 Å². The van der Waals surface area contributed by atoms with E-state index >= 15 is 0 Å². The summed E-state index contributed by atoms with van der Waals surface area (Å²) in [6.07, 6.45) is -4.03. The number of benzene rings is 1. The lowest BCUT2D eigenvalue weighted by molar-refractivity contribution is -0.0958. The highest BCUT2D eigenvalue weighted by Gasteiger charge is 2.49. The molecule has 17 heavy (non-hydrogen) atoms. The summed E-state index contributed by atoms with van der Waals surface area (Å²) in [7, 11) is 0. The molecule has 0 aliphatic rings. The van der Waals surface area contributed by atoms with Crippen LogP contribution in [0.2, 0.25) is 0 Å². The van der Waals surface area contributed by atoms with Crippen molar-refractivity contribution in [2.75, 3.05) is 0 Å². The van der Waals surface area contributed by atoms with E-state index in [1.54, 1.807) is 6.92 Å². The van der Waals surface area contributed by atoms with Gasteiger partial charge in [-0.3, -0.25) is 4.79 Å². The largest absolute Gasteiger partial charge is 0.368 e. The van der Waals surface area contributed by atoms with Crippen LogP contribution in [0.15, 0.2) is 21.1 Å². The number of carbonyl (C=O) groups is 1. The third-order valence-corrected chi connectivity index (χ3v) is 3.58. The summed E-state index contributed by atoms with van der Waals surface area (Å²) in [5.74, 6) is -6.59. The number of carbonyl (C=O) groups excluding carboxylic acids is 1. The van der Waals surface area contributed by atoms with Crippen molar-refractivity contribution in [3.63, 3.8) is 0 Å². The Morgan fingerprint density at radius 1 is 1.24 bits per heavy atom. The average Bonchev–Trinajstić information content (AvgIpc) is 2.22. The van der Waals surface area contributed by atoms with E-state index in [9.17, 15) is 22.4 Å². The highest BCUT2D eigenvalue weighted by atomic mass is 79.9. The van der Waals surface area contributed by atoms with Crippen LogP contribution in [0.25, 0.3) is 0 Å². The second kappa shape index (κ2) is 5.06. The molecule has 7 heteroatoms. The van der Waals surface area contributed by atoms with Gasteiger partial charge in [0.2, 0.25) is 5.78 Å². The molecule has 94 valence electrons. The highest BCUT2D eigenvalue weighted by Crippen LogP contribution is 2.33. The van der Waals surface area contributed by atoms with Crippen LogP contribution in [0.1, 0.15) is 15.9 Å². The number of rotatable bonds is 3. The molecule has 0 spiro atoms. The fraction of sp³-hybridized carbons (Fsp3) is 0.300. The number of halogens is 6. The maximum absolute atomic E-state index is 12.9. The molecule has 0 fully saturated rings. The minimum absolute atomic E-state index is 0.0588. The molecule has 1 aromatic carbocycles. The van der Waals surface area contributed by atoms with Gasteiger partial charge in [-0.1, -0.05) is 31.9 Å². The minimum Gasteiger partial charge on any atom is -0.287 e. The SMILES string of the molecule is Cc1cc(Br)c(C(=O)C(F)(F)C(F)F)cc1Br. The Morgan fingerprint density at radius 3 is 2.24 bits per heavy atom. The van der Waals surface area contributed by atoms with Crippen LogP contribution in [0.4, 0.5) is 17.6 Å². The first kappa shape index (κ1) is 14.6. The quantitative estimate of drug-likeness (QED) is 0.555. The van der Waals surface area contributed by atoms with Crippen molar-refractivity contribution in [1.29, 1.82) is 0 Å². The molecule has 0 saturated heterocycles. The molecule has 0 amide bonds. The van der Waals surface area contributed by atoms with Crippen LogP contribution in [0.5, 0.6) is 0 Å². The summed E-state index contributed by atoms with van der Waals surface area (Å²) < 4.78 is 50.4. The molecular weight excluding hydrogens is 372 g/mol. The topological polar surface area (TPSA) is 17.1 Å². The molecule has 1 rings (SSSR count). The van der Waals surface area contributed by atoms with E-state index in [0.29, 0.717) is 10.0 Å². The molecule has 0 bridgehead atoms. The van der Waals surface area contributed by atoms with Gasteiger partial charge >= 0.3 is 12.3 Å². The van der Waals surface area contributed by atoms with Crippen LogP contribution in [0.3, 0.4) is 0 Å². The first-order chi connectivity index (χ1) is 7.67. The highest BCUT2D eigenvalue weighted by molar-refractivity contribution is 9.11. The van der Waals surface area contributed by atoms with E-state index in [0.717, 1.165) is 6.07 Å². The van der Waals surface area contributed by atoms with Crippen molar-refractivity contribution in [2.24, 2.45) is 0 Å². The fourth-order valence-corrected chi connectivity index (χ4v) is 2.08. The van der Waals surface area contributed by atoms with Gasteiger partial charge in [0.15, 0.2) is 0 Å². The smallest absolute Gasteiger partial charge is 0.287 e. The lowest BCUT2D eigenvalue weighted by atomic mass is 10.0. The van der Waals surface area contributed by atoms with Crippen molar-refractivity contribution in [3.8, 4) is 0 Å². The van der Waals surface area contributed by atoms with E-state index in [4.69, 9.17) is 0 Å². The summed E-state index contributed by atoms with van der Waals surface area (Å²) in [5.41, 5.74) is 0.210. The maximum Gasteiger partial charge on any atom is 0.368 e. The molecule has 1 aromatic rings. The lowest BCUT2D eigenvalue weighted by Gasteiger charge is -2.15. The Bertz CT molecular complexity index is 460. The molecule has 0 saturated carbocycles. The Kier molecular flexibility index (Phi) is 4.35. The third-order valence-electron chi connectivity index (χ3n) is 2.07.